The van der Waals surface area contributed by atoms with Gasteiger partial charge in [0, 0.05) is 18.9 Å². The molecule has 0 fully saturated rings. The molecule has 1 aromatic carbocycles. The van der Waals surface area contributed by atoms with Gasteiger partial charge in [-0.2, -0.15) is 0 Å². The fraction of sp³-hybridized carbons (Fsp3) is 0.200. The fourth-order valence-electron chi connectivity index (χ4n) is 1.92. The molecular formula is C15H13NO4. The molecule has 1 aliphatic rings. The number of aliphatic imine (C=N–C) groups is 1. The topological polar surface area (TPSA) is 65.0 Å². The van der Waals surface area contributed by atoms with Crippen molar-refractivity contribution in [3.63, 3.8) is 0 Å². The number of hydrogen-bond acceptors (Lipinski definition) is 5. The first-order valence-electron chi connectivity index (χ1n) is 5.92. The van der Waals surface area contributed by atoms with E-state index in [0.29, 0.717) is 11.3 Å². The molecule has 0 amide bonds. The van der Waals surface area contributed by atoms with Crippen molar-refractivity contribution >= 4 is 17.4 Å². The molecular weight excluding hydrogens is 258 g/mol. The maximum absolute atomic E-state index is 12.5. The normalized spacial score (nSPS) is 17.4. The van der Waals surface area contributed by atoms with Crippen LogP contribution < -0.4 is 4.74 Å². The van der Waals surface area contributed by atoms with Crippen molar-refractivity contribution in [3.05, 3.63) is 47.7 Å². The third-order valence-electron chi connectivity index (χ3n) is 2.92. The van der Waals surface area contributed by atoms with E-state index in [4.69, 9.17) is 9.47 Å². The summed E-state index contributed by atoms with van der Waals surface area (Å²) in [5.74, 6) is 2.02. The Morgan fingerprint density at radius 1 is 1.35 bits per heavy atom. The van der Waals surface area contributed by atoms with Crippen LogP contribution in [0.4, 0.5) is 0 Å². The van der Waals surface area contributed by atoms with Gasteiger partial charge < -0.3 is 9.47 Å². The van der Waals surface area contributed by atoms with Crippen LogP contribution in [0.15, 0.2) is 47.1 Å². The zero-order chi connectivity index (χ0) is 14.5. The molecule has 20 heavy (non-hydrogen) atoms. The molecule has 0 saturated heterocycles. The minimum Gasteiger partial charge on any atom is -0.497 e. The molecule has 0 aromatic heterocycles. The minimum atomic E-state index is -0.795. The van der Waals surface area contributed by atoms with E-state index >= 15 is 0 Å². The van der Waals surface area contributed by atoms with Crippen molar-refractivity contribution in [1.82, 2.24) is 0 Å². The lowest BCUT2D eigenvalue weighted by molar-refractivity contribution is 0.104. The Hall–Kier alpha value is -2.49. The highest BCUT2D eigenvalue weighted by atomic mass is 16.5. The molecule has 0 spiro atoms. The second-order valence-electron chi connectivity index (χ2n) is 4.06. The lowest BCUT2D eigenvalue weighted by Crippen LogP contribution is -2.33. The van der Waals surface area contributed by atoms with Crippen LogP contribution in [0.2, 0.25) is 0 Å². The minimum absolute atomic E-state index is 0.154. The second-order valence-corrected chi connectivity index (χ2v) is 4.06. The summed E-state index contributed by atoms with van der Waals surface area (Å²) in [6.45, 7) is 0. The van der Waals surface area contributed by atoms with Crippen molar-refractivity contribution in [2.45, 2.75) is 6.10 Å². The Bertz CT molecular complexity index is 639. The summed E-state index contributed by atoms with van der Waals surface area (Å²) in [6, 6.07) is 6.72. The highest BCUT2D eigenvalue weighted by molar-refractivity contribution is 6.48. The number of carbonyl (C=O) groups is 1. The van der Waals surface area contributed by atoms with Gasteiger partial charge in [-0.1, -0.05) is 12.1 Å². The number of benzene rings is 1. The smallest absolute Gasteiger partial charge is 0.210 e. The third-order valence-corrected chi connectivity index (χ3v) is 2.92. The van der Waals surface area contributed by atoms with Gasteiger partial charge in [0.1, 0.15) is 23.5 Å². The van der Waals surface area contributed by atoms with E-state index in [1.807, 2.05) is 0 Å². The molecule has 1 atom stereocenters. The van der Waals surface area contributed by atoms with Gasteiger partial charge in [0.2, 0.25) is 5.78 Å². The van der Waals surface area contributed by atoms with Crippen LogP contribution in [-0.2, 0) is 9.53 Å². The molecule has 2 rings (SSSR count). The van der Waals surface area contributed by atoms with E-state index in [2.05, 4.69) is 4.99 Å². The van der Waals surface area contributed by atoms with Gasteiger partial charge in [0.25, 0.3) is 0 Å². The summed E-state index contributed by atoms with van der Waals surface area (Å²) < 4.78 is 10.3. The zero-order valence-electron chi connectivity index (χ0n) is 11.1. The summed E-state index contributed by atoms with van der Waals surface area (Å²) in [4.78, 5) is 27.3. The number of hydrogen-bond donors (Lipinski definition) is 0. The molecule has 1 aliphatic heterocycles. The van der Waals surface area contributed by atoms with Crippen LogP contribution in [0.25, 0.3) is 0 Å². The summed E-state index contributed by atoms with van der Waals surface area (Å²) in [7, 11) is 2.94. The molecule has 1 heterocycles. The van der Waals surface area contributed by atoms with Gasteiger partial charge in [-0.25, -0.2) is 4.79 Å². The van der Waals surface area contributed by atoms with Crippen LogP contribution in [0.1, 0.15) is 10.4 Å². The van der Waals surface area contributed by atoms with Gasteiger partial charge in [-0.3, -0.25) is 9.79 Å². The van der Waals surface area contributed by atoms with Gasteiger partial charge in [-0.05, 0) is 18.2 Å². The van der Waals surface area contributed by atoms with Gasteiger partial charge in [-0.15, -0.1) is 0 Å². The quantitative estimate of drug-likeness (QED) is 0.616. The Kier molecular flexibility index (Phi) is 4.25. The van der Waals surface area contributed by atoms with E-state index in [0.717, 1.165) is 0 Å². The lowest BCUT2D eigenvalue weighted by Gasteiger charge is -2.18. The number of Topliss-reactive ketones (excluding diaryl/α,β-unsaturated/α-hetero) is 1. The largest absolute Gasteiger partial charge is 0.497 e. The fourth-order valence-corrected chi connectivity index (χ4v) is 1.92. The van der Waals surface area contributed by atoms with E-state index in [1.165, 1.54) is 26.5 Å². The number of ether oxygens (including phenoxy) is 2. The van der Waals surface area contributed by atoms with Gasteiger partial charge in [0.15, 0.2) is 0 Å². The molecule has 5 heteroatoms. The van der Waals surface area contributed by atoms with Crippen LogP contribution in [-0.4, -0.2) is 37.8 Å². The standard InChI is InChI=1S/C15H13NO4/c1-19-12-5-3-4-10(8-12)14(18)13-15(20-2)11(9-17)6-7-16-13/h3-8,15H,1-2H3. The van der Waals surface area contributed by atoms with E-state index in [9.17, 15) is 9.59 Å². The van der Waals surface area contributed by atoms with Crippen LogP contribution in [0.5, 0.6) is 5.75 Å². The lowest BCUT2D eigenvalue weighted by atomic mass is 9.96. The van der Waals surface area contributed by atoms with Crippen LogP contribution in [0.3, 0.4) is 0 Å². The average Bonchev–Trinajstić information content (AvgIpc) is 2.53. The Morgan fingerprint density at radius 3 is 2.80 bits per heavy atom. The number of methoxy groups -OCH3 is 2. The second kappa shape index (κ2) is 6.10. The third kappa shape index (κ3) is 2.59. The number of rotatable bonds is 4. The Labute approximate surface area is 116 Å². The maximum atomic E-state index is 12.5. The number of carbonyl (C=O) groups excluding carboxylic acids is 2. The Morgan fingerprint density at radius 2 is 2.15 bits per heavy atom. The zero-order valence-corrected chi connectivity index (χ0v) is 11.1. The molecule has 1 unspecified atom stereocenters. The first-order chi connectivity index (χ1) is 9.71. The van der Waals surface area contributed by atoms with Crippen molar-refractivity contribution in [2.75, 3.05) is 14.2 Å². The molecule has 0 aliphatic carbocycles. The maximum Gasteiger partial charge on any atom is 0.210 e. The SMILES string of the molecule is COc1cccc(C(=O)C2=NC=CC(=C=O)C2OC)c1. The Balaban J connectivity index is 2.39. The predicted octanol–water partition coefficient (Wildman–Crippen LogP) is 1.62. The molecule has 102 valence electrons. The van der Waals surface area contributed by atoms with Crippen molar-refractivity contribution in [1.29, 1.82) is 0 Å². The summed E-state index contributed by atoms with van der Waals surface area (Å²) >= 11 is 0. The predicted molar refractivity (Wildman–Crippen MR) is 73.9 cm³/mol. The molecule has 0 bridgehead atoms. The molecule has 0 radical (unpaired) electrons. The number of ketones is 1. The van der Waals surface area contributed by atoms with E-state index < -0.39 is 6.10 Å². The van der Waals surface area contributed by atoms with Crippen molar-refractivity contribution in [2.24, 2.45) is 4.99 Å². The summed E-state index contributed by atoms with van der Waals surface area (Å²) in [5, 5.41) is 0. The monoisotopic (exact) mass is 271 g/mol. The first kappa shape index (κ1) is 13.9. The van der Waals surface area contributed by atoms with Crippen molar-refractivity contribution in [3.8, 4) is 5.75 Å². The highest BCUT2D eigenvalue weighted by Crippen LogP contribution is 2.19. The molecule has 5 nitrogen and oxygen atoms in total. The van der Waals surface area contributed by atoms with E-state index in [1.54, 1.807) is 30.2 Å². The highest BCUT2D eigenvalue weighted by Gasteiger charge is 2.28. The molecule has 0 saturated carbocycles. The van der Waals surface area contributed by atoms with E-state index in [-0.39, 0.29) is 17.1 Å². The number of nitrogens with zero attached hydrogens (tertiary/aromatic N) is 1. The summed E-state index contributed by atoms with van der Waals surface area (Å²) in [6.07, 6.45) is 2.07. The van der Waals surface area contributed by atoms with Gasteiger partial charge in [0.05, 0.1) is 12.7 Å². The molecule has 1 aromatic rings. The van der Waals surface area contributed by atoms with Crippen LogP contribution in [0, 0.1) is 0 Å². The molecule has 0 N–H and O–H groups in total. The van der Waals surface area contributed by atoms with Gasteiger partial charge >= 0.3 is 0 Å². The van der Waals surface area contributed by atoms with Crippen molar-refractivity contribution < 1.29 is 19.1 Å². The first-order valence-corrected chi connectivity index (χ1v) is 5.92. The summed E-state index contributed by atoms with van der Waals surface area (Å²) in [5.41, 5.74) is 0.820. The van der Waals surface area contributed by atoms with Crippen LogP contribution >= 0.6 is 0 Å². The average molecular weight is 271 g/mol.